The average Bonchev–Trinajstić information content (AvgIpc) is 2.94. The number of hydrogen-bond donors (Lipinski definition) is 2. The van der Waals surface area contributed by atoms with Gasteiger partial charge in [0.2, 0.25) is 5.91 Å². The van der Waals surface area contributed by atoms with Crippen molar-refractivity contribution >= 4 is 79.4 Å². The second-order valence-corrected chi connectivity index (χ2v) is 8.11. The number of amides is 2. The second kappa shape index (κ2) is 8.48. The van der Waals surface area contributed by atoms with Crippen LogP contribution in [0, 0.1) is 0 Å². The number of benzene rings is 2. The molecular formula is C19H15Cl3N2O2S. The molecule has 0 aliphatic heterocycles. The minimum absolute atomic E-state index is 0.0958. The molecular weight excluding hydrogens is 427 g/mol. The van der Waals surface area contributed by atoms with Crippen LogP contribution in [0.25, 0.3) is 10.1 Å². The van der Waals surface area contributed by atoms with Crippen molar-refractivity contribution < 1.29 is 9.59 Å². The molecule has 0 saturated carbocycles. The smallest absolute Gasteiger partial charge is 0.267 e. The van der Waals surface area contributed by atoms with Crippen molar-refractivity contribution in [2.24, 2.45) is 0 Å². The van der Waals surface area contributed by atoms with Gasteiger partial charge in [-0.3, -0.25) is 9.59 Å². The van der Waals surface area contributed by atoms with E-state index in [4.69, 9.17) is 34.8 Å². The molecule has 0 bridgehead atoms. The third-order valence-corrected chi connectivity index (χ3v) is 5.99. The van der Waals surface area contributed by atoms with Gasteiger partial charge in [0.15, 0.2) is 0 Å². The summed E-state index contributed by atoms with van der Waals surface area (Å²) in [5, 5.41) is 7.60. The number of fused-ring (bicyclic) bond motifs is 1. The van der Waals surface area contributed by atoms with Crippen LogP contribution in [0.3, 0.4) is 0 Å². The summed E-state index contributed by atoms with van der Waals surface area (Å²) in [6.07, 6.45) is 1.17. The molecule has 4 nitrogen and oxygen atoms in total. The lowest BCUT2D eigenvalue weighted by Crippen LogP contribution is -2.13. The van der Waals surface area contributed by atoms with Gasteiger partial charge >= 0.3 is 0 Å². The maximum Gasteiger partial charge on any atom is 0.267 e. The third-order valence-electron chi connectivity index (χ3n) is 3.77. The number of anilines is 2. The van der Waals surface area contributed by atoms with Crippen LogP contribution in [0.5, 0.6) is 0 Å². The Morgan fingerprint density at radius 1 is 1.04 bits per heavy atom. The van der Waals surface area contributed by atoms with E-state index >= 15 is 0 Å². The lowest BCUT2D eigenvalue weighted by atomic mass is 10.2. The first-order valence-corrected chi connectivity index (χ1v) is 10.1. The molecule has 1 heterocycles. The highest BCUT2D eigenvalue weighted by atomic mass is 35.5. The molecule has 0 unspecified atom stereocenters. The predicted molar refractivity (Wildman–Crippen MR) is 115 cm³/mol. The fourth-order valence-electron chi connectivity index (χ4n) is 2.51. The van der Waals surface area contributed by atoms with Crippen LogP contribution < -0.4 is 10.6 Å². The first kappa shape index (κ1) is 20.0. The standard InChI is InChI=1S/C19H15Cl3N2O2S/c1-2-3-16(25)23-11-5-7-13(21)14(9-11)24-19(26)18-17(22)12-6-4-10(20)8-15(12)27-18/h4-9H,2-3H2,1H3,(H,23,25)(H,24,26). The molecule has 27 heavy (non-hydrogen) atoms. The summed E-state index contributed by atoms with van der Waals surface area (Å²) in [5.41, 5.74) is 0.949. The summed E-state index contributed by atoms with van der Waals surface area (Å²) in [4.78, 5) is 24.8. The van der Waals surface area contributed by atoms with Crippen molar-refractivity contribution in [3.8, 4) is 0 Å². The van der Waals surface area contributed by atoms with Crippen LogP contribution in [0.2, 0.25) is 15.1 Å². The van der Waals surface area contributed by atoms with Crippen molar-refractivity contribution in [1.29, 1.82) is 0 Å². The Morgan fingerprint density at radius 3 is 2.56 bits per heavy atom. The van der Waals surface area contributed by atoms with Gasteiger partial charge in [0.25, 0.3) is 5.91 Å². The molecule has 0 aliphatic rings. The largest absolute Gasteiger partial charge is 0.326 e. The van der Waals surface area contributed by atoms with E-state index in [1.54, 1.807) is 36.4 Å². The van der Waals surface area contributed by atoms with Gasteiger partial charge in [0.1, 0.15) is 4.88 Å². The SMILES string of the molecule is CCCC(=O)Nc1ccc(Cl)c(NC(=O)c2sc3cc(Cl)ccc3c2Cl)c1. The first-order chi connectivity index (χ1) is 12.9. The van der Waals surface area contributed by atoms with E-state index in [-0.39, 0.29) is 11.8 Å². The lowest BCUT2D eigenvalue weighted by Gasteiger charge is -2.10. The predicted octanol–water partition coefficient (Wildman–Crippen LogP) is 6.85. The van der Waals surface area contributed by atoms with Crippen LogP contribution in [-0.4, -0.2) is 11.8 Å². The van der Waals surface area contributed by atoms with Crippen LogP contribution in [0.1, 0.15) is 29.4 Å². The number of hydrogen-bond acceptors (Lipinski definition) is 3. The van der Waals surface area contributed by atoms with Gasteiger partial charge in [-0.25, -0.2) is 0 Å². The second-order valence-electron chi connectivity index (χ2n) is 5.83. The summed E-state index contributed by atoms with van der Waals surface area (Å²) < 4.78 is 0.823. The molecule has 2 aromatic carbocycles. The Hall–Kier alpha value is -1.79. The first-order valence-electron chi connectivity index (χ1n) is 8.17. The maximum atomic E-state index is 12.7. The van der Waals surface area contributed by atoms with E-state index in [1.807, 2.05) is 6.92 Å². The van der Waals surface area contributed by atoms with Gasteiger partial charge < -0.3 is 10.6 Å². The average molecular weight is 442 g/mol. The lowest BCUT2D eigenvalue weighted by molar-refractivity contribution is -0.116. The van der Waals surface area contributed by atoms with Crippen molar-refractivity contribution in [3.05, 3.63) is 56.3 Å². The van der Waals surface area contributed by atoms with Crippen molar-refractivity contribution in [2.45, 2.75) is 19.8 Å². The van der Waals surface area contributed by atoms with Crippen LogP contribution in [0.4, 0.5) is 11.4 Å². The van der Waals surface area contributed by atoms with E-state index < -0.39 is 0 Å². The summed E-state index contributed by atoms with van der Waals surface area (Å²) in [5.74, 6) is -0.474. The van der Waals surface area contributed by atoms with E-state index in [1.165, 1.54) is 11.3 Å². The highest BCUT2D eigenvalue weighted by Crippen LogP contribution is 2.37. The number of carbonyl (C=O) groups excluding carboxylic acids is 2. The number of nitrogens with one attached hydrogen (secondary N) is 2. The van der Waals surface area contributed by atoms with Gasteiger partial charge in [0.05, 0.1) is 15.7 Å². The zero-order valence-corrected chi connectivity index (χ0v) is 17.3. The third kappa shape index (κ3) is 4.55. The zero-order valence-electron chi connectivity index (χ0n) is 14.2. The van der Waals surface area contributed by atoms with E-state index in [2.05, 4.69) is 10.6 Å². The molecule has 0 saturated heterocycles. The molecule has 0 spiro atoms. The molecule has 140 valence electrons. The zero-order chi connectivity index (χ0) is 19.6. The Kier molecular flexibility index (Phi) is 6.27. The molecule has 2 N–H and O–H groups in total. The molecule has 3 aromatic rings. The Morgan fingerprint density at radius 2 is 1.81 bits per heavy atom. The van der Waals surface area contributed by atoms with Gasteiger partial charge in [-0.2, -0.15) is 0 Å². The molecule has 8 heteroatoms. The summed E-state index contributed by atoms with van der Waals surface area (Å²) >= 11 is 19.8. The van der Waals surface area contributed by atoms with E-state index in [9.17, 15) is 9.59 Å². The molecule has 1 aromatic heterocycles. The minimum Gasteiger partial charge on any atom is -0.326 e. The van der Waals surface area contributed by atoms with Gasteiger partial charge in [0, 0.05) is 27.2 Å². The van der Waals surface area contributed by atoms with Crippen molar-refractivity contribution in [3.63, 3.8) is 0 Å². The number of carbonyl (C=O) groups is 2. The number of halogens is 3. The molecule has 0 radical (unpaired) electrons. The summed E-state index contributed by atoms with van der Waals surface area (Å²) in [6, 6.07) is 10.2. The minimum atomic E-state index is -0.378. The van der Waals surface area contributed by atoms with Crippen molar-refractivity contribution in [2.75, 3.05) is 10.6 Å². The monoisotopic (exact) mass is 440 g/mol. The van der Waals surface area contributed by atoms with Crippen molar-refractivity contribution in [1.82, 2.24) is 0 Å². The summed E-state index contributed by atoms with van der Waals surface area (Å²) in [6.45, 7) is 1.93. The maximum absolute atomic E-state index is 12.7. The van der Waals surface area contributed by atoms with Crippen LogP contribution in [0.15, 0.2) is 36.4 Å². The highest BCUT2D eigenvalue weighted by molar-refractivity contribution is 7.21. The molecule has 0 fully saturated rings. The fourth-order valence-corrected chi connectivity index (χ4v) is 4.37. The number of thiophene rings is 1. The van der Waals surface area contributed by atoms with Gasteiger partial charge in [-0.05, 0) is 36.8 Å². The highest BCUT2D eigenvalue weighted by Gasteiger charge is 2.18. The van der Waals surface area contributed by atoms with Gasteiger partial charge in [-0.1, -0.05) is 47.8 Å². The van der Waals surface area contributed by atoms with Gasteiger partial charge in [-0.15, -0.1) is 11.3 Å². The Bertz CT molecular complexity index is 1030. The Labute approximate surface area is 175 Å². The number of rotatable bonds is 5. The molecule has 0 atom stereocenters. The molecule has 3 rings (SSSR count). The topological polar surface area (TPSA) is 58.2 Å². The van der Waals surface area contributed by atoms with Crippen LogP contribution in [-0.2, 0) is 4.79 Å². The normalized spacial score (nSPS) is 10.8. The Balaban J connectivity index is 1.85. The van der Waals surface area contributed by atoms with E-state index in [0.29, 0.717) is 37.7 Å². The van der Waals surface area contributed by atoms with E-state index in [0.717, 1.165) is 16.5 Å². The quantitative estimate of drug-likeness (QED) is 0.455. The summed E-state index contributed by atoms with van der Waals surface area (Å²) in [7, 11) is 0. The fraction of sp³-hybridized carbons (Fsp3) is 0.158. The molecule has 2 amide bonds. The van der Waals surface area contributed by atoms with Crippen LogP contribution >= 0.6 is 46.1 Å². The molecule has 0 aliphatic carbocycles.